The molecule has 246 valence electrons. The number of esters is 2. The summed E-state index contributed by atoms with van der Waals surface area (Å²) in [5.74, 6) is 0.281. The molecule has 13 nitrogen and oxygen atoms in total. The summed E-state index contributed by atoms with van der Waals surface area (Å²) in [6.45, 7) is 6.45. The van der Waals surface area contributed by atoms with Gasteiger partial charge in [0.25, 0.3) is 0 Å². The summed E-state index contributed by atoms with van der Waals surface area (Å²) < 4.78 is 29.4. The first-order chi connectivity index (χ1) is 22.0. The number of benzene rings is 2. The summed E-state index contributed by atoms with van der Waals surface area (Å²) in [7, 11) is 1.51. The van der Waals surface area contributed by atoms with Crippen LogP contribution in [0.2, 0.25) is 0 Å². The minimum absolute atomic E-state index is 0.0181. The monoisotopic (exact) mass is 655 g/mol. The largest absolute Gasteiger partial charge is 0.504 e. The Morgan fingerprint density at radius 2 is 1.91 bits per heavy atom. The number of amides is 1. The van der Waals surface area contributed by atoms with Gasteiger partial charge in [-0.25, -0.2) is 4.79 Å². The predicted molar refractivity (Wildman–Crippen MR) is 164 cm³/mol. The average Bonchev–Trinajstić information content (AvgIpc) is 3.52. The van der Waals surface area contributed by atoms with E-state index >= 15 is 0 Å². The maximum atomic E-state index is 13.4. The zero-order chi connectivity index (χ0) is 32.6. The fourth-order valence-corrected chi connectivity index (χ4v) is 9.30. The Kier molecular flexibility index (Phi) is 7.73. The van der Waals surface area contributed by atoms with Crippen LogP contribution in [0.5, 0.6) is 28.7 Å². The van der Waals surface area contributed by atoms with Gasteiger partial charge in [-0.15, -0.1) is 11.8 Å². The Morgan fingerprint density at radius 3 is 2.63 bits per heavy atom. The van der Waals surface area contributed by atoms with Crippen molar-refractivity contribution < 1.29 is 48.3 Å². The van der Waals surface area contributed by atoms with E-state index in [0.717, 1.165) is 11.1 Å². The van der Waals surface area contributed by atoms with E-state index < -0.39 is 53.6 Å². The molecule has 1 amide bonds. The Balaban J connectivity index is 1.49. The van der Waals surface area contributed by atoms with Gasteiger partial charge in [-0.05, 0) is 31.4 Å². The van der Waals surface area contributed by atoms with Crippen LogP contribution in [-0.4, -0.2) is 83.6 Å². The summed E-state index contributed by atoms with van der Waals surface area (Å²) in [5.41, 5.74) is 4.17. The van der Waals surface area contributed by atoms with E-state index in [4.69, 9.17) is 23.7 Å². The number of nitrogens with one attached hydrogen (secondary N) is 2. The van der Waals surface area contributed by atoms with E-state index in [1.54, 1.807) is 13.8 Å². The Morgan fingerprint density at radius 1 is 1.15 bits per heavy atom. The predicted octanol–water partition coefficient (Wildman–Crippen LogP) is 2.21. The molecular weight excluding hydrogens is 618 g/mol. The van der Waals surface area contributed by atoms with Crippen LogP contribution in [0, 0.1) is 13.8 Å². The zero-order valence-corrected chi connectivity index (χ0v) is 27.0. The number of aryl methyl sites for hydroxylation is 1. The van der Waals surface area contributed by atoms with Gasteiger partial charge in [0.1, 0.15) is 24.6 Å². The molecule has 0 aromatic heterocycles. The highest BCUT2D eigenvalue weighted by Crippen LogP contribution is 2.62. The van der Waals surface area contributed by atoms with Crippen molar-refractivity contribution in [3.8, 4) is 28.7 Å². The van der Waals surface area contributed by atoms with Crippen LogP contribution < -0.4 is 29.6 Å². The number of aliphatic hydroxyl groups excluding tert-OH is 1. The normalized spacial score (nSPS) is 29.2. The third-order valence-electron chi connectivity index (χ3n) is 9.64. The Hall–Kier alpha value is -3.72. The molecule has 6 heterocycles. The number of nitrogens with zero attached hydrogens (tertiary/aromatic N) is 1. The second-order valence-corrected chi connectivity index (χ2v) is 13.4. The minimum Gasteiger partial charge on any atom is -0.504 e. The van der Waals surface area contributed by atoms with Crippen LogP contribution in [0.4, 0.5) is 0 Å². The molecule has 4 bridgehead atoms. The second kappa shape index (κ2) is 11.5. The van der Waals surface area contributed by atoms with Crippen molar-refractivity contribution in [1.82, 2.24) is 15.5 Å². The van der Waals surface area contributed by atoms with E-state index in [-0.39, 0.29) is 37.2 Å². The lowest BCUT2D eigenvalue weighted by Gasteiger charge is -2.59. The molecule has 6 aliphatic rings. The summed E-state index contributed by atoms with van der Waals surface area (Å²) in [4.78, 5) is 40.4. The van der Waals surface area contributed by atoms with Crippen LogP contribution in [0.15, 0.2) is 6.07 Å². The van der Waals surface area contributed by atoms with Crippen LogP contribution in [0.25, 0.3) is 0 Å². The van der Waals surface area contributed by atoms with Gasteiger partial charge in [0.2, 0.25) is 12.7 Å². The molecule has 2 aromatic carbocycles. The number of aliphatic hydroxyl groups is 1. The third kappa shape index (κ3) is 4.60. The molecule has 4 N–H and O–H groups in total. The highest BCUT2D eigenvalue weighted by atomic mass is 32.2. The fraction of sp³-hybridized carbons (Fsp3) is 0.531. The van der Waals surface area contributed by atoms with Crippen molar-refractivity contribution in [3.05, 3.63) is 39.4 Å². The van der Waals surface area contributed by atoms with Gasteiger partial charge in [0.05, 0.1) is 30.5 Å². The molecule has 0 radical (unpaired) electrons. The SMILES string of the molecule is CCC(=O)NC1CS[C@@H]2c3c(OC(C)=O)c(C)c4c(c3[C@H](COC1=O)N1C2C2NC(Cc3cc(C)c(OC)c(O)c32)[C@@H]1O)OCO4. The maximum absolute atomic E-state index is 13.4. The molecule has 6 aliphatic heterocycles. The molecule has 4 unspecified atom stereocenters. The smallest absolute Gasteiger partial charge is 0.329 e. The standard InChI is InChI=1S/C32H37N3O10S/c1-6-19(37)33-17-10-46-30-22-21(29-28(43-11-44-29)13(3)27(22)45-14(4)36)18(9-42-32(17)40)35-24(30)23-20-15(8-16(34-23)31(35)39)7-12(2)26(41-5)25(20)38/h7,16-18,23-24,30-31,34,38-39H,6,8-11H2,1-5H3,(H,33,37)/t16?,17?,18-,23?,24?,30+,31-/m0/s1. The van der Waals surface area contributed by atoms with Crippen molar-refractivity contribution in [2.24, 2.45) is 0 Å². The number of aromatic hydroxyl groups is 1. The van der Waals surface area contributed by atoms with Gasteiger partial charge in [-0.1, -0.05) is 13.0 Å². The summed E-state index contributed by atoms with van der Waals surface area (Å²) in [6.07, 6.45) is -0.415. The van der Waals surface area contributed by atoms with Crippen LogP contribution >= 0.6 is 11.8 Å². The number of carbonyl (C=O) groups excluding carboxylic acids is 3. The number of thioether (sulfide) groups is 1. The number of phenolic OH excluding ortho intramolecular Hbond substituents is 1. The molecule has 0 aliphatic carbocycles. The highest BCUT2D eigenvalue weighted by Gasteiger charge is 2.58. The van der Waals surface area contributed by atoms with E-state index in [1.807, 2.05) is 17.9 Å². The molecule has 0 spiro atoms. The summed E-state index contributed by atoms with van der Waals surface area (Å²) >= 11 is 1.38. The lowest BCUT2D eigenvalue weighted by Crippen LogP contribution is -2.69. The lowest BCUT2D eigenvalue weighted by atomic mass is 9.74. The molecule has 2 fully saturated rings. The van der Waals surface area contributed by atoms with Crippen molar-refractivity contribution in [2.75, 3.05) is 26.3 Å². The molecule has 8 rings (SSSR count). The van der Waals surface area contributed by atoms with Gasteiger partial charge in [0, 0.05) is 47.4 Å². The number of fused-ring (bicyclic) bond motifs is 10. The zero-order valence-electron chi connectivity index (χ0n) is 26.2. The van der Waals surface area contributed by atoms with Gasteiger partial charge < -0.3 is 44.5 Å². The first-order valence-electron chi connectivity index (χ1n) is 15.4. The number of piperazine rings is 1. The molecule has 0 saturated carbocycles. The summed E-state index contributed by atoms with van der Waals surface area (Å²) in [5, 5.41) is 29.6. The first kappa shape index (κ1) is 30.9. The molecule has 46 heavy (non-hydrogen) atoms. The number of rotatable bonds is 4. The van der Waals surface area contributed by atoms with Gasteiger partial charge in [-0.3, -0.25) is 14.5 Å². The molecule has 14 heteroatoms. The number of carbonyl (C=O) groups is 3. The van der Waals surface area contributed by atoms with Gasteiger partial charge >= 0.3 is 11.9 Å². The Labute approximate surface area is 269 Å². The van der Waals surface area contributed by atoms with Crippen molar-refractivity contribution in [1.29, 1.82) is 0 Å². The quantitative estimate of drug-likeness (QED) is 0.280. The minimum atomic E-state index is -1.04. The Bertz CT molecular complexity index is 1650. The van der Waals surface area contributed by atoms with Crippen LogP contribution in [0.3, 0.4) is 0 Å². The van der Waals surface area contributed by atoms with E-state index in [2.05, 4.69) is 10.6 Å². The van der Waals surface area contributed by atoms with Crippen LogP contribution in [-0.2, 0) is 25.5 Å². The summed E-state index contributed by atoms with van der Waals surface area (Å²) in [6, 6.07) is -1.21. The van der Waals surface area contributed by atoms with Crippen molar-refractivity contribution >= 4 is 29.6 Å². The van der Waals surface area contributed by atoms with Crippen molar-refractivity contribution in [3.63, 3.8) is 0 Å². The van der Waals surface area contributed by atoms with E-state index in [0.29, 0.717) is 51.7 Å². The number of phenols is 1. The van der Waals surface area contributed by atoms with Crippen molar-refractivity contribution in [2.45, 2.75) is 82.2 Å². The average molecular weight is 656 g/mol. The molecule has 2 aromatic rings. The number of hydrogen-bond donors (Lipinski definition) is 4. The second-order valence-electron chi connectivity index (χ2n) is 12.3. The molecular formula is C32H37N3O10S. The molecule has 7 atom stereocenters. The first-order valence-corrected chi connectivity index (χ1v) is 16.4. The third-order valence-corrected chi connectivity index (χ3v) is 11.0. The fourth-order valence-electron chi connectivity index (χ4n) is 7.78. The number of hydrogen-bond acceptors (Lipinski definition) is 13. The van der Waals surface area contributed by atoms with E-state index in [1.165, 1.54) is 25.8 Å². The van der Waals surface area contributed by atoms with Gasteiger partial charge in [0.15, 0.2) is 23.0 Å². The topological polar surface area (TPSA) is 165 Å². The number of methoxy groups -OCH3 is 1. The molecule has 2 saturated heterocycles. The van der Waals surface area contributed by atoms with E-state index in [9.17, 15) is 24.6 Å². The van der Waals surface area contributed by atoms with Crippen LogP contribution in [0.1, 0.15) is 71.0 Å². The maximum Gasteiger partial charge on any atom is 0.329 e. The highest BCUT2D eigenvalue weighted by molar-refractivity contribution is 7.99. The lowest BCUT2D eigenvalue weighted by molar-refractivity contribution is -0.160. The number of ether oxygens (including phenoxy) is 5. The van der Waals surface area contributed by atoms with Gasteiger partial charge in [-0.2, -0.15) is 0 Å².